The van der Waals surface area contributed by atoms with Gasteiger partial charge in [-0.2, -0.15) is 8.78 Å². The van der Waals surface area contributed by atoms with Gasteiger partial charge in [-0.25, -0.2) is 9.97 Å². The summed E-state index contributed by atoms with van der Waals surface area (Å²) in [7, 11) is 0. The van der Waals surface area contributed by atoms with E-state index < -0.39 is 11.7 Å². The highest BCUT2D eigenvalue weighted by Crippen LogP contribution is 2.24. The Bertz CT molecular complexity index is 790. The van der Waals surface area contributed by atoms with Crippen LogP contribution in [0.2, 0.25) is 0 Å². The number of rotatable bonds is 7. The van der Waals surface area contributed by atoms with Crippen molar-refractivity contribution in [3.63, 3.8) is 0 Å². The number of halogens is 2. The van der Waals surface area contributed by atoms with Crippen LogP contribution in [0.5, 0.6) is 0 Å². The number of nitrogens with two attached hydrogens (primary N) is 1. The van der Waals surface area contributed by atoms with Gasteiger partial charge in [0.15, 0.2) is 5.16 Å². The molecule has 0 aliphatic carbocycles. The Balaban J connectivity index is 1.97. The third kappa shape index (κ3) is 5.48. The maximum Gasteiger partial charge on any atom is 0.291 e. The molecule has 0 saturated carbocycles. The molecule has 0 radical (unpaired) electrons. The fraction of sp³-hybridized carbons (Fsp3) is 0.294. The third-order valence-electron chi connectivity index (χ3n) is 3.65. The molecule has 2 amide bonds. The molecule has 0 saturated heterocycles. The summed E-state index contributed by atoms with van der Waals surface area (Å²) >= 11 is 0.297. The number of carbonyl (C=O) groups is 2. The molecule has 0 spiro atoms. The number of thioether (sulfide) groups is 1. The number of nitrogens with one attached hydrogen (secondary N) is 1. The fourth-order valence-electron chi connectivity index (χ4n) is 2.38. The number of amides is 2. The van der Waals surface area contributed by atoms with Crippen LogP contribution >= 0.6 is 11.8 Å². The maximum absolute atomic E-state index is 12.4. The van der Waals surface area contributed by atoms with Crippen LogP contribution in [-0.2, 0) is 11.2 Å². The van der Waals surface area contributed by atoms with Crippen LogP contribution < -0.4 is 11.1 Å². The van der Waals surface area contributed by atoms with Crippen molar-refractivity contribution in [1.29, 1.82) is 0 Å². The van der Waals surface area contributed by atoms with E-state index in [4.69, 9.17) is 5.73 Å². The Morgan fingerprint density at radius 1 is 1.15 bits per heavy atom. The van der Waals surface area contributed by atoms with E-state index in [1.165, 1.54) is 12.1 Å². The summed E-state index contributed by atoms with van der Waals surface area (Å²) < 4.78 is 24.8. The van der Waals surface area contributed by atoms with Crippen molar-refractivity contribution in [3.8, 4) is 0 Å². The highest BCUT2D eigenvalue weighted by atomic mass is 32.2. The standard InChI is InChI=1S/C17H18F2N4O2S/c1-9-13(10(2)22-17(21-9)26-16(18)19)7-8-14(24)23-12-5-3-11(4-6-12)15(20)25/h3-6,16H,7-8H2,1-2H3,(H2,20,25)(H,23,24). The third-order valence-corrected chi connectivity index (χ3v) is 4.22. The molecule has 2 aromatic rings. The first-order valence-corrected chi connectivity index (χ1v) is 8.63. The molecular weight excluding hydrogens is 362 g/mol. The van der Waals surface area contributed by atoms with Gasteiger partial charge in [0.2, 0.25) is 11.8 Å². The Morgan fingerprint density at radius 2 is 1.73 bits per heavy atom. The van der Waals surface area contributed by atoms with Crippen LogP contribution in [0.4, 0.5) is 14.5 Å². The lowest BCUT2D eigenvalue weighted by Gasteiger charge is -2.11. The lowest BCUT2D eigenvalue weighted by molar-refractivity contribution is -0.116. The van der Waals surface area contributed by atoms with Crippen molar-refractivity contribution in [1.82, 2.24) is 9.97 Å². The van der Waals surface area contributed by atoms with Gasteiger partial charge < -0.3 is 11.1 Å². The molecule has 1 heterocycles. The molecule has 2 rings (SSSR count). The van der Waals surface area contributed by atoms with E-state index in [1.54, 1.807) is 26.0 Å². The lowest BCUT2D eigenvalue weighted by atomic mass is 10.1. The van der Waals surface area contributed by atoms with E-state index in [-0.39, 0.29) is 17.5 Å². The zero-order valence-electron chi connectivity index (χ0n) is 14.3. The molecule has 26 heavy (non-hydrogen) atoms. The van der Waals surface area contributed by atoms with E-state index in [0.29, 0.717) is 40.8 Å². The molecule has 1 aromatic carbocycles. The highest BCUT2D eigenvalue weighted by Gasteiger charge is 2.14. The summed E-state index contributed by atoms with van der Waals surface area (Å²) in [6.45, 7) is 3.42. The summed E-state index contributed by atoms with van der Waals surface area (Å²) in [6, 6.07) is 6.24. The zero-order valence-corrected chi connectivity index (χ0v) is 15.1. The molecule has 9 heteroatoms. The molecule has 0 atom stereocenters. The van der Waals surface area contributed by atoms with Crippen molar-refractivity contribution in [3.05, 3.63) is 46.8 Å². The predicted octanol–water partition coefficient (Wildman–Crippen LogP) is 3.08. The normalized spacial score (nSPS) is 10.8. The summed E-state index contributed by atoms with van der Waals surface area (Å²) in [6.07, 6.45) is 0.576. The van der Waals surface area contributed by atoms with Crippen LogP contribution in [0.1, 0.15) is 33.7 Å². The van der Waals surface area contributed by atoms with Gasteiger partial charge in [-0.15, -0.1) is 0 Å². The number of alkyl halides is 2. The van der Waals surface area contributed by atoms with E-state index in [1.807, 2.05) is 0 Å². The molecule has 138 valence electrons. The van der Waals surface area contributed by atoms with Crippen LogP contribution in [0.25, 0.3) is 0 Å². The van der Waals surface area contributed by atoms with Crippen LogP contribution in [0.15, 0.2) is 29.4 Å². The number of primary amides is 1. The number of benzene rings is 1. The van der Waals surface area contributed by atoms with Gasteiger partial charge in [0.25, 0.3) is 5.76 Å². The molecule has 3 N–H and O–H groups in total. The summed E-state index contributed by atoms with van der Waals surface area (Å²) in [4.78, 5) is 31.2. The largest absolute Gasteiger partial charge is 0.366 e. The minimum absolute atomic E-state index is 0.0257. The molecule has 0 aliphatic rings. The summed E-state index contributed by atoms with van der Waals surface area (Å²) in [5.74, 6) is -3.34. The fourth-order valence-corrected chi connectivity index (χ4v) is 2.92. The number of carbonyl (C=O) groups excluding carboxylic acids is 2. The first-order valence-electron chi connectivity index (χ1n) is 7.75. The highest BCUT2D eigenvalue weighted by molar-refractivity contribution is 7.99. The van der Waals surface area contributed by atoms with Crippen molar-refractivity contribution in [2.45, 2.75) is 37.6 Å². The first-order chi connectivity index (χ1) is 12.3. The van der Waals surface area contributed by atoms with Gasteiger partial charge >= 0.3 is 0 Å². The minimum Gasteiger partial charge on any atom is -0.366 e. The summed E-state index contributed by atoms with van der Waals surface area (Å²) in [5.41, 5.74) is 8.00. The van der Waals surface area contributed by atoms with E-state index >= 15 is 0 Å². The van der Waals surface area contributed by atoms with Gasteiger partial charge in [0.1, 0.15) is 0 Å². The smallest absolute Gasteiger partial charge is 0.291 e. The molecule has 6 nitrogen and oxygen atoms in total. The average molecular weight is 380 g/mol. The summed E-state index contributed by atoms with van der Waals surface area (Å²) in [5, 5.41) is 2.75. The quantitative estimate of drug-likeness (QED) is 0.568. The van der Waals surface area contributed by atoms with E-state index in [0.717, 1.165) is 5.56 Å². The number of nitrogens with zero attached hydrogens (tertiary/aromatic N) is 2. The number of aryl methyl sites for hydroxylation is 2. The van der Waals surface area contributed by atoms with Gasteiger partial charge in [0.05, 0.1) is 0 Å². The molecule has 0 bridgehead atoms. The van der Waals surface area contributed by atoms with Crippen molar-refractivity contribution in [2.24, 2.45) is 5.73 Å². The zero-order chi connectivity index (χ0) is 19.3. The SMILES string of the molecule is Cc1nc(SC(F)F)nc(C)c1CCC(=O)Nc1ccc(C(N)=O)cc1. The van der Waals surface area contributed by atoms with Gasteiger partial charge in [-0.3, -0.25) is 9.59 Å². The number of hydrogen-bond donors (Lipinski definition) is 2. The maximum atomic E-state index is 12.4. The van der Waals surface area contributed by atoms with Gasteiger partial charge in [0, 0.05) is 29.1 Å². The molecule has 0 aliphatic heterocycles. The second-order valence-electron chi connectivity index (χ2n) is 5.52. The molecular formula is C17H18F2N4O2S. The Hall–Kier alpha value is -2.55. The Morgan fingerprint density at radius 3 is 2.23 bits per heavy atom. The second-order valence-corrected chi connectivity index (χ2v) is 6.48. The lowest BCUT2D eigenvalue weighted by Crippen LogP contribution is -2.14. The number of anilines is 1. The van der Waals surface area contributed by atoms with Crippen LogP contribution in [-0.4, -0.2) is 27.5 Å². The first kappa shape index (κ1) is 19.8. The van der Waals surface area contributed by atoms with Crippen molar-refractivity contribution >= 4 is 29.3 Å². The molecule has 0 unspecified atom stereocenters. The Labute approximate surface area is 153 Å². The van der Waals surface area contributed by atoms with Crippen molar-refractivity contribution in [2.75, 3.05) is 5.32 Å². The van der Waals surface area contributed by atoms with Crippen LogP contribution in [0, 0.1) is 13.8 Å². The van der Waals surface area contributed by atoms with Gasteiger partial charge in [-0.05, 0) is 61.9 Å². The molecule has 0 fully saturated rings. The van der Waals surface area contributed by atoms with Crippen LogP contribution in [0.3, 0.4) is 0 Å². The topological polar surface area (TPSA) is 98.0 Å². The monoisotopic (exact) mass is 380 g/mol. The number of aromatic nitrogens is 2. The predicted molar refractivity (Wildman–Crippen MR) is 95.3 cm³/mol. The van der Waals surface area contributed by atoms with E-state index in [2.05, 4.69) is 15.3 Å². The average Bonchev–Trinajstić information content (AvgIpc) is 2.53. The van der Waals surface area contributed by atoms with Gasteiger partial charge in [-0.1, -0.05) is 0 Å². The second kappa shape index (κ2) is 8.70. The molecule has 1 aromatic heterocycles. The minimum atomic E-state index is -2.58. The van der Waals surface area contributed by atoms with Crippen molar-refractivity contribution < 1.29 is 18.4 Å². The number of hydrogen-bond acceptors (Lipinski definition) is 5. The Kier molecular flexibility index (Phi) is 6.62. The van der Waals surface area contributed by atoms with E-state index in [9.17, 15) is 18.4 Å².